The molecule has 0 atom stereocenters. The van der Waals surface area contributed by atoms with Crippen LogP contribution in [0, 0.1) is 0 Å². The Balaban J connectivity index is 0.000000112. The van der Waals surface area contributed by atoms with Gasteiger partial charge in [0.1, 0.15) is 0 Å². The third-order valence-corrected chi connectivity index (χ3v) is 1.000. The van der Waals surface area contributed by atoms with E-state index < -0.39 is 0 Å². The third kappa shape index (κ3) is 2.21. The van der Waals surface area contributed by atoms with E-state index in [-0.39, 0.29) is 0 Å². The molecule has 6 heavy (non-hydrogen) atoms. The Bertz CT molecular complexity index is 11.9. The van der Waals surface area contributed by atoms with Crippen molar-refractivity contribution >= 4 is 0 Å². The topological polar surface area (TPSA) is 20.2 Å². The average Bonchev–Trinajstić information content (AvgIpc) is 1.36. The van der Waals surface area contributed by atoms with Gasteiger partial charge in [0.2, 0.25) is 0 Å². The van der Waals surface area contributed by atoms with Gasteiger partial charge in [-0.05, 0) is 0 Å². The second-order valence-corrected chi connectivity index (χ2v) is 1.41. The van der Waals surface area contributed by atoms with Crippen molar-refractivity contribution in [3.63, 3.8) is 0 Å². The van der Waals surface area contributed by atoms with Gasteiger partial charge in [0.25, 0.3) is 0 Å². The summed E-state index contributed by atoms with van der Waals surface area (Å²) in [6.45, 7) is 0. The molecular weight excluding hydrogens is 76.1 g/mol. The van der Waals surface area contributed by atoms with Crippen LogP contribution in [0.2, 0.25) is 0 Å². The molecular formula is C5H12O. The quantitative estimate of drug-likeness (QED) is 0.471. The minimum atomic E-state index is 1.00. The second kappa shape index (κ2) is 4.96. The lowest BCUT2D eigenvalue weighted by Gasteiger charge is -2.05. The van der Waals surface area contributed by atoms with Crippen molar-refractivity contribution in [1.29, 1.82) is 0 Å². The van der Waals surface area contributed by atoms with E-state index >= 15 is 0 Å². The van der Waals surface area contributed by atoms with Crippen LogP contribution in [0.1, 0.15) is 25.7 Å². The van der Waals surface area contributed by atoms with E-state index in [1.807, 2.05) is 0 Å². The summed E-state index contributed by atoms with van der Waals surface area (Å²) in [4.78, 5) is 0. The highest BCUT2D eigenvalue weighted by Gasteiger charge is 1.95. The zero-order valence-electron chi connectivity index (χ0n) is 4.28. The van der Waals surface area contributed by atoms with E-state index in [1.165, 1.54) is 25.7 Å². The van der Waals surface area contributed by atoms with Gasteiger partial charge in [-0.2, -0.15) is 0 Å². The maximum atomic E-state index is 7.00. The fraction of sp³-hybridized carbons (Fsp3) is 1.00. The summed E-state index contributed by atoms with van der Waals surface area (Å²) in [7, 11) is 1.00. The summed E-state index contributed by atoms with van der Waals surface area (Å²) in [5.41, 5.74) is 0. The zero-order chi connectivity index (χ0) is 4.83. The Kier molecular flexibility index (Phi) is 4.93. The van der Waals surface area contributed by atoms with Gasteiger partial charge in [-0.1, -0.05) is 25.7 Å². The average molecular weight is 88.1 g/mol. The molecule has 1 aliphatic rings. The maximum Gasteiger partial charge on any atom is 0.0319 e. The molecule has 0 radical (unpaired) electrons. The van der Waals surface area contributed by atoms with Crippen LogP contribution in [-0.2, 0) is 0 Å². The molecule has 1 rings (SSSR count). The molecule has 1 N–H and O–H groups in total. The fourth-order valence-electron chi connectivity index (χ4n) is 0.250. The molecule has 0 aromatic carbocycles. The van der Waals surface area contributed by atoms with Crippen LogP contribution in [-0.4, -0.2) is 12.2 Å². The van der Waals surface area contributed by atoms with Crippen molar-refractivity contribution in [3.05, 3.63) is 0 Å². The van der Waals surface area contributed by atoms with E-state index in [0.29, 0.717) is 0 Å². The van der Waals surface area contributed by atoms with Crippen LogP contribution in [0.4, 0.5) is 0 Å². The molecule has 1 fully saturated rings. The van der Waals surface area contributed by atoms with Crippen molar-refractivity contribution < 1.29 is 5.11 Å². The second-order valence-electron chi connectivity index (χ2n) is 1.41. The van der Waals surface area contributed by atoms with E-state index in [1.54, 1.807) is 0 Å². The van der Waals surface area contributed by atoms with Crippen LogP contribution in [0.5, 0.6) is 0 Å². The highest BCUT2D eigenvalue weighted by Crippen LogP contribution is 2.15. The minimum absolute atomic E-state index is 1.00. The monoisotopic (exact) mass is 88.1 g/mol. The first-order chi connectivity index (χ1) is 3.00. The first kappa shape index (κ1) is 5.96. The zero-order valence-corrected chi connectivity index (χ0v) is 4.28. The molecule has 1 aliphatic carbocycles. The summed E-state index contributed by atoms with van der Waals surface area (Å²) in [6, 6.07) is 0. The predicted octanol–water partition coefficient (Wildman–Crippen LogP) is 1.17. The van der Waals surface area contributed by atoms with Crippen molar-refractivity contribution in [3.8, 4) is 0 Å². The Hall–Kier alpha value is -0.0400. The molecule has 0 unspecified atom stereocenters. The van der Waals surface area contributed by atoms with Crippen molar-refractivity contribution in [2.75, 3.05) is 7.11 Å². The lowest BCUT2D eigenvalue weighted by molar-refractivity contribution is 0.399. The molecule has 0 aromatic rings. The lowest BCUT2D eigenvalue weighted by Crippen LogP contribution is -1.85. The number of hydrogen-bond acceptors (Lipinski definition) is 1. The molecule has 1 saturated carbocycles. The van der Waals surface area contributed by atoms with Crippen molar-refractivity contribution in [2.24, 2.45) is 0 Å². The molecule has 0 heterocycles. The minimum Gasteiger partial charge on any atom is -0.400 e. The van der Waals surface area contributed by atoms with Crippen LogP contribution >= 0.6 is 0 Å². The highest BCUT2D eigenvalue weighted by atomic mass is 16.2. The summed E-state index contributed by atoms with van der Waals surface area (Å²) in [5, 5.41) is 7.00. The predicted molar refractivity (Wildman–Crippen MR) is 26.6 cm³/mol. The lowest BCUT2D eigenvalue weighted by atomic mass is 10.0. The molecule has 0 amide bonds. The summed E-state index contributed by atoms with van der Waals surface area (Å²) >= 11 is 0. The number of rotatable bonds is 0. The summed E-state index contributed by atoms with van der Waals surface area (Å²) < 4.78 is 0. The van der Waals surface area contributed by atoms with Crippen LogP contribution in [0.15, 0.2) is 0 Å². The van der Waals surface area contributed by atoms with E-state index in [0.717, 1.165) is 7.11 Å². The first-order valence-corrected chi connectivity index (χ1v) is 2.45. The maximum absolute atomic E-state index is 7.00. The fourth-order valence-corrected chi connectivity index (χ4v) is 0.250. The number of aliphatic hydroxyl groups is 1. The molecule has 0 bridgehead atoms. The number of aliphatic hydroxyl groups excluding tert-OH is 1. The van der Waals surface area contributed by atoms with Crippen LogP contribution < -0.4 is 0 Å². The third-order valence-electron chi connectivity index (χ3n) is 1.000. The van der Waals surface area contributed by atoms with Gasteiger partial charge >= 0.3 is 0 Å². The number of hydrogen-bond donors (Lipinski definition) is 1. The van der Waals surface area contributed by atoms with Gasteiger partial charge in [-0.3, -0.25) is 0 Å². The van der Waals surface area contributed by atoms with E-state index in [9.17, 15) is 0 Å². The Labute approximate surface area is 39.0 Å². The molecule has 1 nitrogen and oxygen atoms in total. The summed E-state index contributed by atoms with van der Waals surface area (Å²) in [5.74, 6) is 0. The summed E-state index contributed by atoms with van der Waals surface area (Å²) in [6.07, 6.45) is 6.00. The Morgan fingerprint density at radius 3 is 1.00 bits per heavy atom. The van der Waals surface area contributed by atoms with Gasteiger partial charge < -0.3 is 5.11 Å². The van der Waals surface area contributed by atoms with Gasteiger partial charge in [0.15, 0.2) is 0 Å². The standard InChI is InChI=1S/C4H8.CH4O/c1-2-4-3-1;1-2/h1-4H2;2H,1H3. The van der Waals surface area contributed by atoms with Crippen LogP contribution in [0.25, 0.3) is 0 Å². The largest absolute Gasteiger partial charge is 0.400 e. The Morgan fingerprint density at radius 1 is 0.833 bits per heavy atom. The van der Waals surface area contributed by atoms with Gasteiger partial charge in [0.05, 0.1) is 0 Å². The SMILES string of the molecule is C1CCC1.CO. The molecule has 0 saturated heterocycles. The van der Waals surface area contributed by atoms with E-state index in [4.69, 9.17) is 5.11 Å². The highest BCUT2D eigenvalue weighted by molar-refractivity contribution is 4.50. The molecule has 38 valence electrons. The first-order valence-electron chi connectivity index (χ1n) is 2.45. The molecule has 0 aliphatic heterocycles. The molecule has 0 spiro atoms. The molecule has 0 aromatic heterocycles. The van der Waals surface area contributed by atoms with E-state index in [2.05, 4.69) is 0 Å². The normalized spacial score (nSPS) is 17.0. The van der Waals surface area contributed by atoms with Crippen LogP contribution in [0.3, 0.4) is 0 Å². The Morgan fingerprint density at radius 2 is 1.00 bits per heavy atom. The van der Waals surface area contributed by atoms with Gasteiger partial charge in [-0.25, -0.2) is 0 Å². The van der Waals surface area contributed by atoms with Gasteiger partial charge in [-0.15, -0.1) is 0 Å². The molecule has 1 heteroatoms. The van der Waals surface area contributed by atoms with Crippen molar-refractivity contribution in [2.45, 2.75) is 25.7 Å². The van der Waals surface area contributed by atoms with Crippen molar-refractivity contribution in [1.82, 2.24) is 0 Å². The smallest absolute Gasteiger partial charge is 0.0319 e. The van der Waals surface area contributed by atoms with Gasteiger partial charge in [0, 0.05) is 7.11 Å².